The molecule has 3 amide bonds. The van der Waals surface area contributed by atoms with Gasteiger partial charge in [0.05, 0.1) is 5.92 Å². The molecule has 0 aromatic heterocycles. The molecule has 0 bridgehead atoms. The monoisotopic (exact) mass is 269 g/mol. The van der Waals surface area contributed by atoms with Crippen LogP contribution in [0.4, 0.5) is 16.2 Å². The molecule has 0 radical (unpaired) electrons. The normalized spacial score (nSPS) is 19.4. The van der Waals surface area contributed by atoms with Gasteiger partial charge in [-0.15, -0.1) is 6.42 Å². The molecule has 1 aromatic carbocycles. The van der Waals surface area contributed by atoms with Gasteiger partial charge < -0.3 is 4.90 Å². The van der Waals surface area contributed by atoms with Crippen LogP contribution in [-0.4, -0.2) is 31.6 Å². The number of urea groups is 1. The number of carbonyl (C=O) groups excluding carboxylic acids is 2. The molecule has 0 unspecified atom stereocenters. The topological polar surface area (TPSA) is 52.6 Å². The summed E-state index contributed by atoms with van der Waals surface area (Å²) in [5.41, 5.74) is 1.90. The predicted molar refractivity (Wildman–Crippen MR) is 76.5 cm³/mol. The summed E-state index contributed by atoms with van der Waals surface area (Å²) >= 11 is 0. The van der Waals surface area contributed by atoms with Gasteiger partial charge in [-0.2, -0.15) is 0 Å². The van der Waals surface area contributed by atoms with Gasteiger partial charge in [-0.05, 0) is 24.3 Å². The van der Waals surface area contributed by atoms with Crippen LogP contribution in [0.1, 0.15) is 6.42 Å². The molecular formula is C15H15N3O2. The minimum Gasteiger partial charge on any atom is -0.369 e. The summed E-state index contributed by atoms with van der Waals surface area (Å²) in [6.07, 6.45) is 5.70. The Hall–Kier alpha value is -2.48. The van der Waals surface area contributed by atoms with Gasteiger partial charge in [0.1, 0.15) is 0 Å². The highest BCUT2D eigenvalue weighted by Gasteiger charge is 2.26. The Morgan fingerprint density at radius 3 is 2.40 bits per heavy atom. The van der Waals surface area contributed by atoms with Gasteiger partial charge in [-0.25, -0.2) is 4.79 Å². The second kappa shape index (κ2) is 4.89. The fourth-order valence-electron chi connectivity index (χ4n) is 2.45. The number of amides is 3. The highest BCUT2D eigenvalue weighted by atomic mass is 16.2. The largest absolute Gasteiger partial charge is 0.369 e. The fraction of sp³-hybridized carbons (Fsp3) is 0.333. The number of rotatable bonds is 2. The van der Waals surface area contributed by atoms with E-state index in [9.17, 15) is 9.59 Å². The lowest BCUT2D eigenvalue weighted by molar-refractivity contribution is -0.120. The van der Waals surface area contributed by atoms with Crippen LogP contribution in [-0.2, 0) is 4.79 Å². The molecule has 0 saturated carbocycles. The molecule has 2 heterocycles. The van der Waals surface area contributed by atoms with E-state index >= 15 is 0 Å². The van der Waals surface area contributed by atoms with Gasteiger partial charge in [0.25, 0.3) is 0 Å². The summed E-state index contributed by atoms with van der Waals surface area (Å²) in [6.45, 7) is 2.19. The smallest absolute Gasteiger partial charge is 0.328 e. The van der Waals surface area contributed by atoms with E-state index in [1.54, 1.807) is 4.90 Å². The zero-order valence-electron chi connectivity index (χ0n) is 11.0. The third-order valence-corrected chi connectivity index (χ3v) is 3.70. The summed E-state index contributed by atoms with van der Waals surface area (Å²) in [6, 6.07) is 7.39. The number of anilines is 2. The Morgan fingerprint density at radius 1 is 1.15 bits per heavy atom. The highest BCUT2D eigenvalue weighted by molar-refractivity contribution is 6.05. The zero-order chi connectivity index (χ0) is 14.1. The van der Waals surface area contributed by atoms with Crippen molar-refractivity contribution in [3.8, 4) is 12.3 Å². The summed E-state index contributed by atoms with van der Waals surface area (Å²) in [7, 11) is 0. The van der Waals surface area contributed by atoms with E-state index in [0.717, 1.165) is 24.5 Å². The lowest BCUT2D eigenvalue weighted by Gasteiger charge is -2.38. The minimum absolute atomic E-state index is 0.219. The van der Waals surface area contributed by atoms with E-state index < -0.39 is 0 Å². The molecule has 1 N–H and O–H groups in total. The first kappa shape index (κ1) is 12.5. The first-order valence-corrected chi connectivity index (χ1v) is 6.60. The molecule has 0 aliphatic carbocycles. The number of hydrogen-bond acceptors (Lipinski definition) is 3. The maximum absolute atomic E-state index is 11.7. The van der Waals surface area contributed by atoms with Crippen LogP contribution in [0.15, 0.2) is 24.3 Å². The van der Waals surface area contributed by atoms with Gasteiger partial charge in [0.15, 0.2) is 0 Å². The van der Waals surface area contributed by atoms with Crippen LogP contribution < -0.4 is 15.1 Å². The van der Waals surface area contributed by atoms with Crippen molar-refractivity contribution in [2.24, 2.45) is 5.92 Å². The molecule has 2 saturated heterocycles. The highest BCUT2D eigenvalue weighted by Crippen LogP contribution is 2.27. The molecule has 5 heteroatoms. The Kier molecular flexibility index (Phi) is 3.07. The number of benzene rings is 1. The second-order valence-corrected chi connectivity index (χ2v) is 5.04. The lowest BCUT2D eigenvalue weighted by Crippen LogP contribution is -2.49. The molecule has 3 rings (SSSR count). The van der Waals surface area contributed by atoms with Crippen LogP contribution in [0, 0.1) is 18.3 Å². The maximum atomic E-state index is 11.7. The van der Waals surface area contributed by atoms with Crippen LogP contribution in [0.3, 0.4) is 0 Å². The summed E-state index contributed by atoms with van der Waals surface area (Å²) < 4.78 is 0. The van der Waals surface area contributed by atoms with E-state index in [0.29, 0.717) is 18.9 Å². The number of hydrogen-bond donors (Lipinski definition) is 1. The number of nitrogens with one attached hydrogen (secondary N) is 1. The predicted octanol–water partition coefficient (Wildman–Crippen LogP) is 1.20. The van der Waals surface area contributed by atoms with Crippen molar-refractivity contribution in [3.05, 3.63) is 24.3 Å². The molecule has 5 nitrogen and oxygen atoms in total. The zero-order valence-corrected chi connectivity index (χ0v) is 11.0. The third-order valence-electron chi connectivity index (χ3n) is 3.70. The van der Waals surface area contributed by atoms with E-state index in [1.165, 1.54) is 0 Å². The van der Waals surface area contributed by atoms with E-state index in [-0.39, 0.29) is 11.9 Å². The van der Waals surface area contributed by atoms with Gasteiger partial charge in [-0.3, -0.25) is 15.0 Å². The first-order valence-electron chi connectivity index (χ1n) is 6.60. The molecule has 2 fully saturated rings. The Morgan fingerprint density at radius 2 is 1.80 bits per heavy atom. The number of carbonyl (C=O) groups is 2. The van der Waals surface area contributed by atoms with Crippen molar-refractivity contribution in [1.29, 1.82) is 0 Å². The molecule has 102 valence electrons. The first-order chi connectivity index (χ1) is 9.67. The molecular weight excluding hydrogens is 254 g/mol. The summed E-state index contributed by atoms with van der Waals surface area (Å²) in [4.78, 5) is 26.6. The van der Waals surface area contributed by atoms with Gasteiger partial charge in [0.2, 0.25) is 5.91 Å². The Labute approximate surface area is 117 Å². The fourth-order valence-corrected chi connectivity index (χ4v) is 2.45. The average molecular weight is 269 g/mol. The molecule has 0 spiro atoms. The standard InChI is InChI=1S/C15H15N3O2/c1-2-11-9-17(10-11)12-3-5-13(6-4-12)18-8-7-14(19)16-15(18)20/h1,3-6,11H,7-10H2,(H,16,19,20). The average Bonchev–Trinajstić information content (AvgIpc) is 2.39. The molecule has 0 atom stereocenters. The molecule has 2 aliphatic rings. The Bertz CT molecular complexity index is 582. The van der Waals surface area contributed by atoms with Crippen LogP contribution in [0.5, 0.6) is 0 Å². The van der Waals surface area contributed by atoms with Crippen molar-refractivity contribution in [1.82, 2.24) is 5.32 Å². The molecule has 1 aromatic rings. The SMILES string of the molecule is C#CC1CN(c2ccc(N3CCC(=O)NC3=O)cc2)C1. The van der Waals surface area contributed by atoms with Crippen molar-refractivity contribution in [3.63, 3.8) is 0 Å². The van der Waals surface area contributed by atoms with Gasteiger partial charge >= 0.3 is 6.03 Å². The van der Waals surface area contributed by atoms with E-state index in [1.807, 2.05) is 24.3 Å². The third kappa shape index (κ3) is 2.21. The van der Waals surface area contributed by atoms with E-state index in [2.05, 4.69) is 16.1 Å². The number of nitrogens with zero attached hydrogens (tertiary/aromatic N) is 2. The van der Waals surface area contributed by atoms with Crippen molar-refractivity contribution >= 4 is 23.3 Å². The van der Waals surface area contributed by atoms with Crippen molar-refractivity contribution < 1.29 is 9.59 Å². The Balaban J connectivity index is 1.69. The van der Waals surface area contributed by atoms with Crippen LogP contribution in [0.25, 0.3) is 0 Å². The lowest BCUT2D eigenvalue weighted by atomic mass is 10.0. The molecule has 2 aliphatic heterocycles. The summed E-state index contributed by atoms with van der Waals surface area (Å²) in [5, 5.41) is 2.32. The second-order valence-electron chi connectivity index (χ2n) is 5.04. The number of imide groups is 1. The van der Waals surface area contributed by atoms with E-state index in [4.69, 9.17) is 6.42 Å². The quantitative estimate of drug-likeness (QED) is 0.821. The summed E-state index contributed by atoms with van der Waals surface area (Å²) in [5.74, 6) is 2.86. The number of terminal acetylenes is 1. The maximum Gasteiger partial charge on any atom is 0.328 e. The van der Waals surface area contributed by atoms with Gasteiger partial charge in [0, 0.05) is 37.4 Å². The minimum atomic E-state index is -0.356. The van der Waals surface area contributed by atoms with Gasteiger partial charge in [-0.1, -0.05) is 5.92 Å². The van der Waals surface area contributed by atoms with Crippen molar-refractivity contribution in [2.45, 2.75) is 6.42 Å². The van der Waals surface area contributed by atoms with Crippen LogP contribution >= 0.6 is 0 Å². The molecule has 20 heavy (non-hydrogen) atoms. The van der Waals surface area contributed by atoms with Crippen LogP contribution in [0.2, 0.25) is 0 Å². The van der Waals surface area contributed by atoms with Crippen molar-refractivity contribution in [2.75, 3.05) is 29.4 Å².